The third kappa shape index (κ3) is 4.64. The minimum atomic E-state index is -0.905. The van der Waals surface area contributed by atoms with E-state index in [0.717, 1.165) is 31.4 Å². The summed E-state index contributed by atoms with van der Waals surface area (Å²) in [5.41, 5.74) is 0.372. The van der Waals surface area contributed by atoms with Gasteiger partial charge in [0.25, 0.3) is 5.91 Å². The van der Waals surface area contributed by atoms with Crippen LogP contribution in [0.3, 0.4) is 0 Å². The molecule has 0 unspecified atom stereocenters. The van der Waals surface area contributed by atoms with Crippen LogP contribution in [-0.2, 0) is 20.9 Å². The van der Waals surface area contributed by atoms with E-state index in [1.54, 1.807) is 36.1 Å². The van der Waals surface area contributed by atoms with Crippen molar-refractivity contribution in [2.75, 3.05) is 13.2 Å². The van der Waals surface area contributed by atoms with E-state index in [-0.39, 0.29) is 11.8 Å². The molecule has 1 saturated carbocycles. The topological polar surface area (TPSA) is 99.5 Å². The summed E-state index contributed by atoms with van der Waals surface area (Å²) in [6.07, 6.45) is 3.31. The standard InChI is InChI=1S/C20H23N3O4/c1-20(13-21,16-8-9-16)22-17(24)12-27-19(26)15-6-4-14(5-7-15)11-23-10-2-3-18(23)25/h4-7,16H,2-3,8-12H2,1H3,(H,22,24)/t20-/m1/s1. The first-order valence-electron chi connectivity index (χ1n) is 9.17. The molecule has 1 aliphatic heterocycles. The van der Waals surface area contributed by atoms with Crippen LogP contribution in [0.25, 0.3) is 0 Å². The fourth-order valence-electron chi connectivity index (χ4n) is 3.26. The summed E-state index contributed by atoms with van der Waals surface area (Å²) >= 11 is 0. The summed E-state index contributed by atoms with van der Waals surface area (Å²) < 4.78 is 5.05. The van der Waals surface area contributed by atoms with Crippen LogP contribution in [-0.4, -0.2) is 41.4 Å². The van der Waals surface area contributed by atoms with E-state index in [0.29, 0.717) is 18.5 Å². The molecule has 0 radical (unpaired) electrons. The zero-order valence-electron chi connectivity index (χ0n) is 15.4. The zero-order chi connectivity index (χ0) is 19.4. The molecule has 2 fully saturated rings. The average molecular weight is 369 g/mol. The molecule has 1 aromatic rings. The van der Waals surface area contributed by atoms with Crippen molar-refractivity contribution in [3.63, 3.8) is 0 Å². The zero-order valence-corrected chi connectivity index (χ0v) is 15.4. The van der Waals surface area contributed by atoms with Gasteiger partial charge in [-0.05, 0) is 49.8 Å². The Morgan fingerprint density at radius 1 is 1.33 bits per heavy atom. The largest absolute Gasteiger partial charge is 0.452 e. The third-order valence-corrected chi connectivity index (χ3v) is 5.09. The van der Waals surface area contributed by atoms with Crippen LogP contribution in [0, 0.1) is 17.2 Å². The molecule has 2 aliphatic rings. The number of likely N-dealkylation sites (tertiary alicyclic amines) is 1. The Labute approximate surface area is 158 Å². The van der Waals surface area contributed by atoms with Crippen LogP contribution in [0.15, 0.2) is 24.3 Å². The number of hydrogen-bond donors (Lipinski definition) is 1. The second-order valence-corrected chi connectivity index (χ2v) is 7.33. The first kappa shape index (κ1) is 18.9. The average Bonchev–Trinajstić information content (AvgIpc) is 3.45. The van der Waals surface area contributed by atoms with Gasteiger partial charge in [0.2, 0.25) is 5.91 Å². The lowest BCUT2D eigenvalue weighted by molar-refractivity contribution is -0.128. The summed E-state index contributed by atoms with van der Waals surface area (Å²) in [6, 6.07) is 8.94. The van der Waals surface area contributed by atoms with Crippen molar-refractivity contribution in [2.45, 2.75) is 44.7 Å². The number of nitrogens with zero attached hydrogens (tertiary/aromatic N) is 2. The van der Waals surface area contributed by atoms with E-state index in [1.807, 2.05) is 0 Å². The van der Waals surface area contributed by atoms with E-state index in [2.05, 4.69) is 11.4 Å². The number of rotatable bonds is 7. The van der Waals surface area contributed by atoms with Crippen LogP contribution in [0.1, 0.15) is 48.5 Å². The van der Waals surface area contributed by atoms with Gasteiger partial charge in [0, 0.05) is 19.5 Å². The normalized spacial score (nSPS) is 18.5. The molecule has 0 spiro atoms. The molecular weight excluding hydrogens is 346 g/mol. The highest BCUT2D eigenvalue weighted by molar-refractivity contribution is 5.91. The predicted octanol–water partition coefficient (Wildman–Crippen LogP) is 1.77. The van der Waals surface area contributed by atoms with E-state index in [4.69, 9.17) is 4.74 Å². The second-order valence-electron chi connectivity index (χ2n) is 7.33. The Bertz CT molecular complexity index is 779. The molecule has 7 nitrogen and oxygen atoms in total. The van der Waals surface area contributed by atoms with Crippen LogP contribution >= 0.6 is 0 Å². The molecular formula is C20H23N3O4. The smallest absolute Gasteiger partial charge is 0.338 e. The van der Waals surface area contributed by atoms with Crippen molar-refractivity contribution >= 4 is 17.8 Å². The molecule has 1 N–H and O–H groups in total. The molecule has 0 aromatic heterocycles. The molecule has 27 heavy (non-hydrogen) atoms. The molecule has 7 heteroatoms. The van der Waals surface area contributed by atoms with Gasteiger partial charge >= 0.3 is 5.97 Å². The number of esters is 1. The highest BCUT2D eigenvalue weighted by Crippen LogP contribution is 2.39. The minimum absolute atomic E-state index is 0.153. The molecule has 1 atom stereocenters. The molecule has 1 heterocycles. The maximum absolute atomic E-state index is 12.1. The van der Waals surface area contributed by atoms with Gasteiger partial charge in [-0.15, -0.1) is 0 Å². The maximum Gasteiger partial charge on any atom is 0.338 e. The summed E-state index contributed by atoms with van der Waals surface area (Å²) in [5, 5.41) is 11.9. The lowest BCUT2D eigenvalue weighted by Gasteiger charge is -2.22. The van der Waals surface area contributed by atoms with Crippen LogP contribution in [0.5, 0.6) is 0 Å². The van der Waals surface area contributed by atoms with Crippen molar-refractivity contribution in [1.29, 1.82) is 5.26 Å². The Morgan fingerprint density at radius 3 is 2.59 bits per heavy atom. The quantitative estimate of drug-likeness (QED) is 0.739. The number of carbonyl (C=O) groups is 3. The van der Waals surface area contributed by atoms with Gasteiger partial charge in [0.15, 0.2) is 6.61 Å². The summed E-state index contributed by atoms with van der Waals surface area (Å²) in [4.78, 5) is 37.6. The molecule has 1 aromatic carbocycles. The Hall–Kier alpha value is -2.88. The fourth-order valence-corrected chi connectivity index (χ4v) is 3.26. The molecule has 142 valence electrons. The second kappa shape index (κ2) is 7.78. The van der Waals surface area contributed by atoms with Crippen molar-refractivity contribution in [2.24, 2.45) is 5.92 Å². The number of benzene rings is 1. The van der Waals surface area contributed by atoms with Gasteiger partial charge in [0.1, 0.15) is 5.54 Å². The molecule has 3 rings (SSSR count). The van der Waals surface area contributed by atoms with Crippen molar-refractivity contribution in [3.8, 4) is 6.07 Å². The minimum Gasteiger partial charge on any atom is -0.452 e. The molecule has 1 aliphatic carbocycles. The summed E-state index contributed by atoms with van der Waals surface area (Å²) in [5.74, 6) is -0.764. The molecule has 2 amide bonds. The Morgan fingerprint density at radius 2 is 2.04 bits per heavy atom. The number of amides is 2. The number of nitrogens with one attached hydrogen (secondary N) is 1. The van der Waals surface area contributed by atoms with Crippen molar-refractivity contribution in [1.82, 2.24) is 10.2 Å². The first-order chi connectivity index (χ1) is 12.9. The van der Waals surface area contributed by atoms with Gasteiger partial charge < -0.3 is 15.0 Å². The summed E-state index contributed by atoms with van der Waals surface area (Å²) in [6.45, 7) is 2.56. The third-order valence-electron chi connectivity index (χ3n) is 5.09. The van der Waals surface area contributed by atoms with E-state index in [1.165, 1.54) is 0 Å². The number of nitriles is 1. The van der Waals surface area contributed by atoms with Crippen LogP contribution in [0.2, 0.25) is 0 Å². The predicted molar refractivity (Wildman–Crippen MR) is 96.3 cm³/mol. The fraction of sp³-hybridized carbons (Fsp3) is 0.500. The van der Waals surface area contributed by atoms with Gasteiger partial charge in [-0.25, -0.2) is 4.79 Å². The van der Waals surface area contributed by atoms with E-state index in [9.17, 15) is 19.6 Å². The van der Waals surface area contributed by atoms with Crippen LogP contribution < -0.4 is 5.32 Å². The van der Waals surface area contributed by atoms with Crippen molar-refractivity contribution in [3.05, 3.63) is 35.4 Å². The SMILES string of the molecule is C[C@](C#N)(NC(=O)COC(=O)c1ccc(CN2CCCC2=O)cc1)C1CC1. The van der Waals surface area contributed by atoms with E-state index < -0.39 is 24.0 Å². The number of hydrogen-bond acceptors (Lipinski definition) is 5. The van der Waals surface area contributed by atoms with Gasteiger partial charge in [-0.1, -0.05) is 12.1 Å². The number of ether oxygens (including phenoxy) is 1. The van der Waals surface area contributed by atoms with E-state index >= 15 is 0 Å². The maximum atomic E-state index is 12.1. The highest BCUT2D eigenvalue weighted by Gasteiger charge is 2.43. The van der Waals surface area contributed by atoms with Crippen molar-refractivity contribution < 1.29 is 19.1 Å². The van der Waals surface area contributed by atoms with Gasteiger partial charge in [0.05, 0.1) is 11.6 Å². The highest BCUT2D eigenvalue weighted by atomic mass is 16.5. The van der Waals surface area contributed by atoms with Gasteiger partial charge in [-0.3, -0.25) is 9.59 Å². The number of carbonyl (C=O) groups excluding carboxylic acids is 3. The Balaban J connectivity index is 1.48. The molecule has 1 saturated heterocycles. The van der Waals surface area contributed by atoms with Crippen LogP contribution in [0.4, 0.5) is 0 Å². The monoisotopic (exact) mass is 369 g/mol. The Kier molecular flexibility index (Phi) is 5.45. The summed E-state index contributed by atoms with van der Waals surface area (Å²) in [7, 11) is 0. The lowest BCUT2D eigenvalue weighted by Crippen LogP contribution is -2.48. The molecule has 0 bridgehead atoms. The van der Waals surface area contributed by atoms with Gasteiger partial charge in [-0.2, -0.15) is 5.26 Å². The first-order valence-corrected chi connectivity index (χ1v) is 9.17. The lowest BCUT2D eigenvalue weighted by atomic mass is 9.98.